The van der Waals surface area contributed by atoms with E-state index in [1.165, 1.54) is 32.2 Å². The highest BCUT2D eigenvalue weighted by Crippen LogP contribution is 2.25. The topological polar surface area (TPSA) is 38.3 Å². The summed E-state index contributed by atoms with van der Waals surface area (Å²) >= 11 is 5.83. The first-order valence-corrected chi connectivity index (χ1v) is 5.26. The third kappa shape index (κ3) is 3.56. The van der Waals surface area contributed by atoms with Gasteiger partial charge in [-0.05, 0) is 25.1 Å². The van der Waals surface area contributed by atoms with Gasteiger partial charge in [0.25, 0.3) is 6.43 Å². The van der Waals surface area contributed by atoms with Crippen LogP contribution in [0.5, 0.6) is 0 Å². The molecule has 0 bridgehead atoms. The quantitative estimate of drug-likeness (QED) is 0.848. The predicted octanol–water partition coefficient (Wildman–Crippen LogP) is 3.19. The molecule has 0 aromatic heterocycles. The van der Waals surface area contributed by atoms with Gasteiger partial charge < -0.3 is 10.1 Å². The van der Waals surface area contributed by atoms with Gasteiger partial charge in [-0.2, -0.15) is 0 Å². The second-order valence-electron chi connectivity index (χ2n) is 3.45. The van der Waals surface area contributed by atoms with Crippen LogP contribution in [-0.2, 0) is 4.74 Å². The first kappa shape index (κ1) is 13.7. The first-order chi connectivity index (χ1) is 7.95. The van der Waals surface area contributed by atoms with Gasteiger partial charge in [0, 0.05) is 0 Å². The molecule has 1 rings (SSSR count). The maximum Gasteiger partial charge on any atom is 0.337 e. The molecule has 0 spiro atoms. The van der Waals surface area contributed by atoms with E-state index in [2.05, 4.69) is 10.1 Å². The van der Waals surface area contributed by atoms with Crippen LogP contribution in [0.25, 0.3) is 0 Å². The van der Waals surface area contributed by atoms with E-state index >= 15 is 0 Å². The molecule has 0 amide bonds. The molecule has 1 N–H and O–H groups in total. The van der Waals surface area contributed by atoms with Gasteiger partial charge in [0.15, 0.2) is 0 Å². The van der Waals surface area contributed by atoms with E-state index in [0.717, 1.165) is 0 Å². The van der Waals surface area contributed by atoms with Crippen LogP contribution in [0.1, 0.15) is 17.3 Å². The van der Waals surface area contributed by atoms with Crippen molar-refractivity contribution >= 4 is 23.3 Å². The molecule has 0 aliphatic carbocycles. The highest BCUT2D eigenvalue weighted by atomic mass is 35.5. The maximum atomic E-state index is 12.4. The number of carbonyl (C=O) groups excluding carboxylic acids is 1. The van der Waals surface area contributed by atoms with Gasteiger partial charge >= 0.3 is 5.97 Å². The molecule has 1 unspecified atom stereocenters. The molecular formula is C11H12ClF2NO2. The van der Waals surface area contributed by atoms with Crippen molar-refractivity contribution in [1.29, 1.82) is 0 Å². The van der Waals surface area contributed by atoms with Crippen LogP contribution in [0.3, 0.4) is 0 Å². The van der Waals surface area contributed by atoms with Gasteiger partial charge in [0.2, 0.25) is 0 Å². The number of anilines is 1. The second-order valence-corrected chi connectivity index (χ2v) is 3.86. The average Bonchev–Trinajstić information content (AvgIpc) is 2.30. The molecule has 1 atom stereocenters. The molecule has 0 fully saturated rings. The Hall–Kier alpha value is -1.36. The number of hydrogen-bond acceptors (Lipinski definition) is 3. The molecule has 17 heavy (non-hydrogen) atoms. The van der Waals surface area contributed by atoms with Crippen LogP contribution in [0.15, 0.2) is 18.2 Å². The molecule has 0 radical (unpaired) electrons. The number of halogens is 3. The third-order valence-electron chi connectivity index (χ3n) is 2.15. The summed E-state index contributed by atoms with van der Waals surface area (Å²) < 4.78 is 29.3. The minimum absolute atomic E-state index is 0.251. The summed E-state index contributed by atoms with van der Waals surface area (Å²) in [7, 11) is 1.24. The van der Waals surface area contributed by atoms with Crippen LogP contribution >= 0.6 is 11.6 Å². The van der Waals surface area contributed by atoms with Crippen molar-refractivity contribution in [2.24, 2.45) is 0 Å². The molecule has 94 valence electrons. The van der Waals surface area contributed by atoms with E-state index in [0.29, 0.717) is 0 Å². The summed E-state index contributed by atoms with van der Waals surface area (Å²) in [6.45, 7) is 1.33. The minimum atomic E-state index is -2.52. The van der Waals surface area contributed by atoms with Crippen molar-refractivity contribution in [2.45, 2.75) is 19.4 Å². The highest BCUT2D eigenvalue weighted by molar-refractivity contribution is 6.33. The van der Waals surface area contributed by atoms with Crippen molar-refractivity contribution in [2.75, 3.05) is 12.4 Å². The smallest absolute Gasteiger partial charge is 0.337 e. The highest BCUT2D eigenvalue weighted by Gasteiger charge is 2.16. The van der Waals surface area contributed by atoms with Gasteiger partial charge in [0.1, 0.15) is 0 Å². The van der Waals surface area contributed by atoms with Crippen LogP contribution in [0.4, 0.5) is 14.5 Å². The standard InChI is InChI=1S/C11H12ClF2NO2/c1-6(10(13)14)15-9-5-7(11(16)17-2)3-4-8(9)12/h3-6,10,15H,1-2H3. The number of rotatable bonds is 4. The molecule has 1 aromatic carbocycles. The Morgan fingerprint density at radius 1 is 1.47 bits per heavy atom. The lowest BCUT2D eigenvalue weighted by atomic mass is 10.2. The molecule has 0 saturated heterocycles. The van der Waals surface area contributed by atoms with Crippen LogP contribution < -0.4 is 5.32 Å². The van der Waals surface area contributed by atoms with E-state index in [-0.39, 0.29) is 16.3 Å². The van der Waals surface area contributed by atoms with Crippen LogP contribution in [0.2, 0.25) is 5.02 Å². The Kier molecular flexibility index (Phi) is 4.69. The number of nitrogens with one attached hydrogen (secondary N) is 1. The fraction of sp³-hybridized carbons (Fsp3) is 0.364. The van der Waals surface area contributed by atoms with Crippen molar-refractivity contribution in [3.63, 3.8) is 0 Å². The summed E-state index contributed by atoms with van der Waals surface area (Å²) in [6, 6.07) is 3.24. The molecule has 3 nitrogen and oxygen atoms in total. The molecule has 1 aromatic rings. The molecule has 0 heterocycles. The van der Waals surface area contributed by atoms with E-state index in [1.54, 1.807) is 0 Å². The van der Waals surface area contributed by atoms with Crippen molar-refractivity contribution < 1.29 is 18.3 Å². The predicted molar refractivity (Wildman–Crippen MR) is 61.9 cm³/mol. The monoisotopic (exact) mass is 263 g/mol. The Bertz CT molecular complexity index is 412. The van der Waals surface area contributed by atoms with Gasteiger partial charge in [-0.1, -0.05) is 11.6 Å². The number of methoxy groups -OCH3 is 1. The van der Waals surface area contributed by atoms with Gasteiger partial charge in [0.05, 0.1) is 29.4 Å². The van der Waals surface area contributed by atoms with Crippen molar-refractivity contribution in [3.8, 4) is 0 Å². The van der Waals surface area contributed by atoms with Crippen LogP contribution in [0, 0.1) is 0 Å². The Labute approximate surface area is 103 Å². The van der Waals surface area contributed by atoms with E-state index in [9.17, 15) is 13.6 Å². The number of ether oxygens (including phenoxy) is 1. The van der Waals surface area contributed by atoms with Crippen molar-refractivity contribution in [3.05, 3.63) is 28.8 Å². The van der Waals surface area contributed by atoms with Gasteiger partial charge in [-0.25, -0.2) is 13.6 Å². The summed E-state index contributed by atoms with van der Waals surface area (Å²) in [5.41, 5.74) is 0.531. The van der Waals surface area contributed by atoms with Gasteiger partial charge in [-0.15, -0.1) is 0 Å². The molecule has 0 saturated carbocycles. The number of benzene rings is 1. The summed E-state index contributed by atoms with van der Waals surface area (Å²) in [5.74, 6) is -0.547. The normalized spacial score (nSPS) is 12.4. The largest absolute Gasteiger partial charge is 0.465 e. The fourth-order valence-electron chi connectivity index (χ4n) is 1.19. The van der Waals surface area contributed by atoms with Crippen molar-refractivity contribution in [1.82, 2.24) is 0 Å². The van der Waals surface area contributed by atoms with E-state index in [1.807, 2.05) is 0 Å². The number of carbonyl (C=O) groups is 1. The minimum Gasteiger partial charge on any atom is -0.465 e. The lowest BCUT2D eigenvalue weighted by Crippen LogP contribution is -2.24. The molecule has 0 aliphatic rings. The Morgan fingerprint density at radius 3 is 2.65 bits per heavy atom. The van der Waals surface area contributed by atoms with Gasteiger partial charge in [-0.3, -0.25) is 0 Å². The lowest BCUT2D eigenvalue weighted by molar-refractivity contribution is 0.0601. The molecule has 0 aliphatic heterocycles. The maximum absolute atomic E-state index is 12.4. The Balaban J connectivity index is 2.94. The third-order valence-corrected chi connectivity index (χ3v) is 2.48. The number of esters is 1. The molecule has 6 heteroatoms. The zero-order valence-corrected chi connectivity index (χ0v) is 10.1. The average molecular weight is 264 g/mol. The summed E-state index contributed by atoms with van der Waals surface area (Å²) in [4.78, 5) is 11.3. The second kappa shape index (κ2) is 5.82. The number of hydrogen-bond donors (Lipinski definition) is 1. The fourth-order valence-corrected chi connectivity index (χ4v) is 1.36. The van der Waals surface area contributed by atoms with E-state index in [4.69, 9.17) is 11.6 Å². The molecular weight excluding hydrogens is 252 g/mol. The SMILES string of the molecule is COC(=O)c1ccc(Cl)c(NC(C)C(F)F)c1. The zero-order valence-electron chi connectivity index (χ0n) is 9.34. The summed E-state index contributed by atoms with van der Waals surface area (Å²) in [6.07, 6.45) is -2.52. The Morgan fingerprint density at radius 2 is 2.12 bits per heavy atom. The number of alkyl halides is 2. The van der Waals surface area contributed by atoms with E-state index < -0.39 is 18.4 Å². The van der Waals surface area contributed by atoms with Crippen LogP contribution in [-0.4, -0.2) is 25.5 Å². The summed E-state index contributed by atoms with van der Waals surface area (Å²) in [5, 5.41) is 2.81. The lowest BCUT2D eigenvalue weighted by Gasteiger charge is -2.15. The zero-order chi connectivity index (χ0) is 13.0. The first-order valence-electron chi connectivity index (χ1n) is 4.88.